The topological polar surface area (TPSA) is 152 Å². The molecule has 0 aromatic rings. The van der Waals surface area contributed by atoms with Crippen LogP contribution < -0.4 is 0 Å². The van der Waals surface area contributed by atoms with Gasteiger partial charge >= 0.3 is 126 Å². The molecule has 5 unspecified atom stereocenters. The van der Waals surface area contributed by atoms with Gasteiger partial charge in [-0.05, 0) is 0 Å². The Bertz CT molecular complexity index is 483. The van der Waals surface area contributed by atoms with Crippen LogP contribution in [0.1, 0.15) is 12.8 Å². The summed E-state index contributed by atoms with van der Waals surface area (Å²) in [6.07, 6.45) is -1.75. The summed E-state index contributed by atoms with van der Waals surface area (Å²) < 4.78 is 43.3. The summed E-state index contributed by atoms with van der Waals surface area (Å²) in [5, 5.41) is 27.9. The van der Waals surface area contributed by atoms with E-state index in [0.717, 1.165) is 6.42 Å². The SMILES string of the molecule is C[As](C)(=O)CC1CCC(OCC(O)COP(=O)(O)OCC(O)CO)O1. The van der Waals surface area contributed by atoms with Gasteiger partial charge < -0.3 is 10.2 Å². The number of hydrogen-bond donors (Lipinski definition) is 4. The molecule has 1 aliphatic rings. The van der Waals surface area contributed by atoms with Crippen molar-refractivity contribution in [1.29, 1.82) is 0 Å². The Morgan fingerprint density at radius 1 is 1.16 bits per heavy atom. The van der Waals surface area contributed by atoms with Crippen molar-refractivity contribution >= 4 is 21.3 Å². The standard InChI is InChI=1S/C13H28AsO10P/c1-14(2,18)5-12-3-4-13(24-12)21-7-11(17)9-23-25(19,20)22-8-10(16)6-15/h10-13,15-17H,3-9H2,1-2H3,(H,19,20). The Balaban J connectivity index is 2.21. The normalized spacial score (nSPS) is 26.3. The van der Waals surface area contributed by atoms with E-state index < -0.39 is 59.6 Å². The molecule has 0 radical (unpaired) electrons. The van der Waals surface area contributed by atoms with Gasteiger partial charge in [-0.25, -0.2) is 0 Å². The summed E-state index contributed by atoms with van der Waals surface area (Å²) in [5.41, 5.74) is 3.51. The molecule has 0 saturated carbocycles. The van der Waals surface area contributed by atoms with Crippen molar-refractivity contribution in [2.45, 2.75) is 54.1 Å². The summed E-state index contributed by atoms with van der Waals surface area (Å²) in [7, 11) is -4.44. The molecular formula is C13H28AsO10P. The van der Waals surface area contributed by atoms with Crippen molar-refractivity contribution in [3.8, 4) is 0 Å². The van der Waals surface area contributed by atoms with Crippen molar-refractivity contribution in [2.24, 2.45) is 0 Å². The van der Waals surface area contributed by atoms with Gasteiger partial charge in [0, 0.05) is 0 Å². The zero-order valence-electron chi connectivity index (χ0n) is 14.4. The fourth-order valence-electron chi connectivity index (χ4n) is 2.14. The first kappa shape index (κ1) is 23.3. The molecule has 25 heavy (non-hydrogen) atoms. The van der Waals surface area contributed by atoms with Gasteiger partial charge in [-0.2, -0.15) is 0 Å². The monoisotopic (exact) mass is 450 g/mol. The van der Waals surface area contributed by atoms with Crippen LogP contribution in [0.5, 0.6) is 0 Å². The molecule has 0 bridgehead atoms. The van der Waals surface area contributed by atoms with E-state index in [2.05, 4.69) is 9.05 Å². The van der Waals surface area contributed by atoms with Gasteiger partial charge in [0.1, 0.15) is 6.10 Å². The summed E-state index contributed by atoms with van der Waals surface area (Å²) in [5.74, 6) is 0. The van der Waals surface area contributed by atoms with Crippen LogP contribution in [-0.4, -0.2) is 84.7 Å². The summed E-state index contributed by atoms with van der Waals surface area (Å²) >= 11 is -2.78. The third-order valence-corrected chi connectivity index (χ3v) is 6.91. The van der Waals surface area contributed by atoms with Crippen LogP contribution in [0, 0.1) is 0 Å². The fraction of sp³-hybridized carbons (Fsp3) is 1.00. The Labute approximate surface area is 149 Å². The number of hydrogen-bond acceptors (Lipinski definition) is 9. The second-order valence-corrected chi connectivity index (χ2v) is 15.2. The van der Waals surface area contributed by atoms with Gasteiger partial charge in [0.25, 0.3) is 0 Å². The van der Waals surface area contributed by atoms with E-state index in [-0.39, 0.29) is 12.7 Å². The third-order valence-electron chi connectivity index (χ3n) is 3.26. The van der Waals surface area contributed by atoms with Gasteiger partial charge in [-0.15, -0.1) is 0 Å². The molecule has 150 valence electrons. The molecule has 1 saturated heterocycles. The van der Waals surface area contributed by atoms with E-state index in [0.29, 0.717) is 11.6 Å². The van der Waals surface area contributed by atoms with Gasteiger partial charge in [0.05, 0.1) is 6.61 Å². The average molecular weight is 450 g/mol. The molecule has 1 aliphatic heterocycles. The number of aliphatic hydroxyl groups excluding tert-OH is 3. The second kappa shape index (κ2) is 10.6. The molecule has 0 aromatic carbocycles. The van der Waals surface area contributed by atoms with E-state index >= 15 is 0 Å². The molecular weight excluding hydrogens is 422 g/mol. The van der Waals surface area contributed by atoms with Crippen LogP contribution >= 0.6 is 7.82 Å². The van der Waals surface area contributed by atoms with Crippen molar-refractivity contribution < 1.29 is 47.0 Å². The van der Waals surface area contributed by atoms with Crippen molar-refractivity contribution in [2.75, 3.05) is 26.4 Å². The number of phosphoric acid groups is 1. The number of phosphoric ester groups is 1. The van der Waals surface area contributed by atoms with E-state index in [1.165, 1.54) is 0 Å². The fourth-order valence-corrected chi connectivity index (χ4v) is 5.55. The molecule has 12 heteroatoms. The third kappa shape index (κ3) is 10.9. The van der Waals surface area contributed by atoms with Crippen LogP contribution in [0.2, 0.25) is 16.6 Å². The van der Waals surface area contributed by atoms with Gasteiger partial charge in [0.15, 0.2) is 0 Å². The predicted molar refractivity (Wildman–Crippen MR) is 87.7 cm³/mol. The zero-order valence-corrected chi connectivity index (χ0v) is 17.2. The molecule has 1 fully saturated rings. The number of ether oxygens (including phenoxy) is 2. The van der Waals surface area contributed by atoms with Crippen LogP contribution in [0.3, 0.4) is 0 Å². The van der Waals surface area contributed by atoms with E-state index in [4.69, 9.17) is 19.7 Å². The Kier molecular flexibility index (Phi) is 9.85. The quantitative estimate of drug-likeness (QED) is 0.236. The molecule has 1 heterocycles. The van der Waals surface area contributed by atoms with Gasteiger partial charge in [-0.3, -0.25) is 0 Å². The second-order valence-electron chi connectivity index (χ2n) is 6.41. The first-order valence-corrected chi connectivity index (χ1v) is 15.2. The van der Waals surface area contributed by atoms with Crippen molar-refractivity contribution in [1.82, 2.24) is 0 Å². The summed E-state index contributed by atoms with van der Waals surface area (Å²) in [6, 6.07) is 0. The van der Waals surface area contributed by atoms with Crippen molar-refractivity contribution in [3.05, 3.63) is 0 Å². The molecule has 0 spiro atoms. The van der Waals surface area contributed by atoms with E-state index in [1.54, 1.807) is 11.4 Å². The molecule has 0 aromatic heterocycles. The number of rotatable bonds is 12. The first-order chi connectivity index (χ1) is 11.5. The summed E-state index contributed by atoms with van der Waals surface area (Å²) in [4.78, 5) is 9.35. The first-order valence-electron chi connectivity index (χ1n) is 7.90. The molecule has 0 aliphatic carbocycles. The minimum atomic E-state index is -4.44. The predicted octanol–water partition coefficient (Wildman–Crippen LogP) is -0.00860. The maximum absolute atomic E-state index is 11.8. The van der Waals surface area contributed by atoms with Gasteiger partial charge in [0.2, 0.25) is 0 Å². The minimum absolute atomic E-state index is 0.109. The van der Waals surface area contributed by atoms with Crippen LogP contribution in [0.4, 0.5) is 0 Å². The molecule has 5 atom stereocenters. The maximum atomic E-state index is 11.8. The van der Waals surface area contributed by atoms with E-state index in [1.807, 2.05) is 0 Å². The van der Waals surface area contributed by atoms with E-state index in [9.17, 15) is 18.3 Å². The van der Waals surface area contributed by atoms with Gasteiger partial charge in [-0.1, -0.05) is 0 Å². The van der Waals surface area contributed by atoms with Crippen LogP contribution in [0.15, 0.2) is 0 Å². The molecule has 10 nitrogen and oxygen atoms in total. The Morgan fingerprint density at radius 3 is 2.32 bits per heavy atom. The zero-order chi connectivity index (χ0) is 19.1. The average Bonchev–Trinajstić information content (AvgIpc) is 2.94. The molecule has 1 rings (SSSR count). The number of aliphatic hydroxyl groups is 3. The van der Waals surface area contributed by atoms with Crippen molar-refractivity contribution in [3.63, 3.8) is 0 Å². The summed E-state index contributed by atoms with van der Waals surface area (Å²) in [6.45, 7) is -1.88. The Hall–Kier alpha value is 0.268. The molecule has 4 N–H and O–H groups in total. The van der Waals surface area contributed by atoms with Crippen LogP contribution in [0.25, 0.3) is 0 Å². The molecule has 0 amide bonds. The Morgan fingerprint density at radius 2 is 1.76 bits per heavy atom. The van der Waals surface area contributed by atoms with Crippen LogP contribution in [-0.2, 0) is 26.8 Å².